The van der Waals surface area contributed by atoms with E-state index >= 15 is 0 Å². The number of benzene rings is 3. The number of nitrogen functional groups attached to an aromatic ring is 1. The van der Waals surface area contributed by atoms with Gasteiger partial charge in [-0.15, -0.1) is 0 Å². The Labute approximate surface area is 150 Å². The normalized spacial score (nSPS) is 11.4. The Hall–Kier alpha value is -3.11. The predicted octanol–water partition coefficient (Wildman–Crippen LogP) is 4.82. The molecule has 4 nitrogen and oxygen atoms in total. The average molecular weight is 347 g/mol. The van der Waals surface area contributed by atoms with Crippen LogP contribution in [0.4, 0.5) is 5.95 Å². The van der Waals surface area contributed by atoms with E-state index in [0.717, 1.165) is 22.2 Å². The van der Waals surface area contributed by atoms with E-state index in [-0.39, 0.29) is 0 Å². The van der Waals surface area contributed by atoms with E-state index < -0.39 is 0 Å². The Kier molecular flexibility index (Phi) is 3.96. The van der Waals surface area contributed by atoms with Gasteiger partial charge in [-0.05, 0) is 34.5 Å². The van der Waals surface area contributed by atoms with Crippen molar-refractivity contribution in [3.8, 4) is 11.3 Å². The molecule has 4 aromatic rings. The minimum absolute atomic E-state index is 0.341. The van der Waals surface area contributed by atoms with Crippen LogP contribution in [-0.2, 0) is 0 Å². The summed E-state index contributed by atoms with van der Waals surface area (Å²) < 4.78 is 1.57. The van der Waals surface area contributed by atoms with Crippen molar-refractivity contribution < 1.29 is 0 Å². The number of rotatable bonds is 3. The molecule has 2 N–H and O–H groups in total. The standard InChI is InChI=1S/C20H15ClN4/c21-18-9-5-14(6-10-18)12-23-25-13-19(24-20(25)22)17-8-7-15-3-1-2-4-16(15)11-17/h1-13H,(H2,22,24)/b23-12-. The Balaban J connectivity index is 1.65. The molecule has 0 spiro atoms. The third-order valence-electron chi connectivity index (χ3n) is 3.96. The van der Waals surface area contributed by atoms with Gasteiger partial charge in [-0.3, -0.25) is 0 Å². The lowest BCUT2D eigenvalue weighted by molar-refractivity contribution is 0.898. The number of hydrogen-bond donors (Lipinski definition) is 1. The summed E-state index contributed by atoms with van der Waals surface area (Å²) in [4.78, 5) is 4.42. The molecular formula is C20H15ClN4. The van der Waals surface area contributed by atoms with E-state index in [1.165, 1.54) is 5.39 Å². The molecule has 0 aliphatic heterocycles. The number of hydrogen-bond acceptors (Lipinski definition) is 3. The molecule has 0 aliphatic rings. The second kappa shape index (κ2) is 6.42. The summed E-state index contributed by atoms with van der Waals surface area (Å²) in [5, 5.41) is 7.43. The molecule has 0 saturated heterocycles. The molecule has 122 valence electrons. The summed E-state index contributed by atoms with van der Waals surface area (Å²) in [5.74, 6) is 0.341. The molecule has 0 unspecified atom stereocenters. The van der Waals surface area contributed by atoms with Crippen molar-refractivity contribution in [1.29, 1.82) is 0 Å². The number of nitrogens with two attached hydrogens (primary N) is 1. The van der Waals surface area contributed by atoms with Crippen LogP contribution < -0.4 is 5.73 Å². The number of nitrogens with zero attached hydrogens (tertiary/aromatic N) is 3. The number of aromatic nitrogens is 2. The average Bonchev–Trinajstić information content (AvgIpc) is 3.02. The molecule has 0 bridgehead atoms. The Bertz CT molecular complexity index is 1060. The molecular weight excluding hydrogens is 332 g/mol. The van der Waals surface area contributed by atoms with Crippen LogP contribution >= 0.6 is 11.6 Å². The van der Waals surface area contributed by atoms with E-state index in [4.69, 9.17) is 17.3 Å². The third-order valence-corrected chi connectivity index (χ3v) is 4.21. The molecule has 0 radical (unpaired) electrons. The minimum atomic E-state index is 0.341. The summed E-state index contributed by atoms with van der Waals surface area (Å²) in [6.45, 7) is 0. The molecule has 3 aromatic carbocycles. The fourth-order valence-corrected chi connectivity index (χ4v) is 2.77. The van der Waals surface area contributed by atoms with Gasteiger partial charge in [0.25, 0.3) is 0 Å². The number of fused-ring (bicyclic) bond motifs is 1. The van der Waals surface area contributed by atoms with Gasteiger partial charge >= 0.3 is 0 Å². The lowest BCUT2D eigenvalue weighted by atomic mass is 10.1. The Morgan fingerprint density at radius 2 is 1.72 bits per heavy atom. The molecule has 4 rings (SSSR count). The van der Waals surface area contributed by atoms with Crippen LogP contribution in [-0.4, -0.2) is 15.9 Å². The SMILES string of the molecule is Nc1nc(-c2ccc3ccccc3c2)cn1/N=C\c1ccc(Cl)cc1. The van der Waals surface area contributed by atoms with Gasteiger partial charge in [0.05, 0.1) is 18.1 Å². The van der Waals surface area contributed by atoms with Crippen molar-refractivity contribution in [3.63, 3.8) is 0 Å². The van der Waals surface area contributed by atoms with E-state index in [9.17, 15) is 0 Å². The maximum Gasteiger partial charge on any atom is 0.221 e. The smallest absolute Gasteiger partial charge is 0.221 e. The quantitative estimate of drug-likeness (QED) is 0.540. The first kappa shape index (κ1) is 15.4. The van der Waals surface area contributed by atoms with Gasteiger partial charge in [0.1, 0.15) is 0 Å². The molecule has 0 fully saturated rings. The van der Waals surface area contributed by atoms with Crippen LogP contribution in [0.25, 0.3) is 22.0 Å². The third kappa shape index (κ3) is 3.25. The predicted molar refractivity (Wildman–Crippen MR) is 104 cm³/mol. The summed E-state index contributed by atoms with van der Waals surface area (Å²) >= 11 is 5.89. The molecule has 0 saturated carbocycles. The zero-order valence-corrected chi connectivity index (χ0v) is 14.1. The zero-order chi connectivity index (χ0) is 17.2. The van der Waals surface area contributed by atoms with Crippen LogP contribution in [0, 0.1) is 0 Å². The van der Waals surface area contributed by atoms with Crippen LogP contribution in [0.3, 0.4) is 0 Å². The number of halogens is 1. The van der Waals surface area contributed by atoms with Gasteiger partial charge in [0, 0.05) is 10.6 Å². The van der Waals surface area contributed by atoms with Crippen LogP contribution in [0.1, 0.15) is 5.56 Å². The van der Waals surface area contributed by atoms with Crippen molar-refractivity contribution >= 4 is 34.5 Å². The molecule has 0 amide bonds. The first-order valence-corrected chi connectivity index (χ1v) is 8.21. The highest BCUT2D eigenvalue weighted by Gasteiger charge is 2.07. The fourth-order valence-electron chi connectivity index (χ4n) is 2.64. The van der Waals surface area contributed by atoms with Crippen molar-refractivity contribution in [2.45, 2.75) is 0 Å². The highest BCUT2D eigenvalue weighted by Crippen LogP contribution is 2.24. The molecule has 5 heteroatoms. The highest BCUT2D eigenvalue weighted by molar-refractivity contribution is 6.30. The first-order chi connectivity index (χ1) is 12.2. The molecule has 25 heavy (non-hydrogen) atoms. The van der Waals surface area contributed by atoms with Crippen molar-refractivity contribution in [1.82, 2.24) is 9.66 Å². The van der Waals surface area contributed by atoms with Gasteiger partial charge in [0.2, 0.25) is 5.95 Å². The minimum Gasteiger partial charge on any atom is -0.368 e. The summed E-state index contributed by atoms with van der Waals surface area (Å²) in [6, 6.07) is 21.9. The Morgan fingerprint density at radius 1 is 0.960 bits per heavy atom. The highest BCUT2D eigenvalue weighted by atomic mass is 35.5. The lowest BCUT2D eigenvalue weighted by Gasteiger charge is -2.00. The van der Waals surface area contributed by atoms with Crippen molar-refractivity contribution in [3.05, 3.63) is 83.5 Å². The van der Waals surface area contributed by atoms with E-state index in [1.54, 1.807) is 10.9 Å². The lowest BCUT2D eigenvalue weighted by Crippen LogP contribution is -1.96. The summed E-state index contributed by atoms with van der Waals surface area (Å²) in [5.41, 5.74) is 8.73. The van der Waals surface area contributed by atoms with Gasteiger partial charge in [0.15, 0.2) is 0 Å². The zero-order valence-electron chi connectivity index (χ0n) is 13.3. The van der Waals surface area contributed by atoms with E-state index in [2.05, 4.69) is 34.4 Å². The first-order valence-electron chi connectivity index (χ1n) is 7.83. The summed E-state index contributed by atoms with van der Waals surface area (Å²) in [7, 11) is 0. The number of anilines is 1. The second-order valence-corrected chi connectivity index (χ2v) is 6.12. The molecule has 0 atom stereocenters. The monoisotopic (exact) mass is 346 g/mol. The second-order valence-electron chi connectivity index (χ2n) is 5.69. The van der Waals surface area contributed by atoms with Gasteiger partial charge in [-0.1, -0.05) is 60.1 Å². The molecule has 0 aliphatic carbocycles. The van der Waals surface area contributed by atoms with Crippen molar-refractivity contribution in [2.24, 2.45) is 5.10 Å². The van der Waals surface area contributed by atoms with Gasteiger partial charge in [-0.25, -0.2) is 9.66 Å². The van der Waals surface area contributed by atoms with Gasteiger partial charge < -0.3 is 5.73 Å². The number of imidazole rings is 1. The van der Waals surface area contributed by atoms with E-state index in [1.807, 2.05) is 48.7 Å². The maximum absolute atomic E-state index is 6.00. The van der Waals surface area contributed by atoms with Gasteiger partial charge in [-0.2, -0.15) is 5.10 Å². The fraction of sp³-hybridized carbons (Fsp3) is 0. The molecule has 1 heterocycles. The largest absolute Gasteiger partial charge is 0.368 e. The van der Waals surface area contributed by atoms with Crippen molar-refractivity contribution in [2.75, 3.05) is 5.73 Å². The maximum atomic E-state index is 6.00. The Morgan fingerprint density at radius 3 is 2.52 bits per heavy atom. The molecule has 1 aromatic heterocycles. The van der Waals surface area contributed by atoms with E-state index in [0.29, 0.717) is 11.0 Å². The van der Waals surface area contributed by atoms with Crippen LogP contribution in [0.5, 0.6) is 0 Å². The van der Waals surface area contributed by atoms with Crippen LogP contribution in [0.15, 0.2) is 78.0 Å². The summed E-state index contributed by atoms with van der Waals surface area (Å²) in [6.07, 6.45) is 3.55. The topological polar surface area (TPSA) is 56.2 Å². The van der Waals surface area contributed by atoms with Crippen LogP contribution in [0.2, 0.25) is 5.02 Å².